The molecule has 1 aromatic heterocycles. The molecule has 0 atom stereocenters. The quantitative estimate of drug-likeness (QED) is 0.903. The number of methoxy groups -OCH3 is 1. The summed E-state index contributed by atoms with van der Waals surface area (Å²) < 4.78 is 5.41. The van der Waals surface area contributed by atoms with Gasteiger partial charge in [-0.3, -0.25) is 4.90 Å². The minimum Gasteiger partial charge on any atom is -0.494 e. The standard InChI is InChI=1S/C16H21N3O/c1-3-19(14-9-17-10-14)11-13-8-7-12-5-4-6-15(20-2)16(12)18-13/h4-8,14,17H,3,9-11H2,1-2H3. The molecule has 1 aliphatic rings. The van der Waals surface area contributed by atoms with Crippen molar-refractivity contribution in [1.82, 2.24) is 15.2 Å². The van der Waals surface area contributed by atoms with Gasteiger partial charge < -0.3 is 10.1 Å². The highest BCUT2D eigenvalue weighted by molar-refractivity contribution is 5.84. The number of pyridine rings is 1. The zero-order valence-electron chi connectivity index (χ0n) is 12.1. The Balaban J connectivity index is 1.87. The Labute approximate surface area is 119 Å². The average Bonchev–Trinajstić information content (AvgIpc) is 2.43. The molecule has 3 rings (SSSR count). The van der Waals surface area contributed by atoms with Gasteiger partial charge in [0.05, 0.1) is 12.8 Å². The van der Waals surface area contributed by atoms with Crippen LogP contribution in [0.4, 0.5) is 0 Å². The van der Waals surface area contributed by atoms with Crippen molar-refractivity contribution in [3.8, 4) is 5.75 Å². The summed E-state index contributed by atoms with van der Waals surface area (Å²) in [4.78, 5) is 7.26. The third-order valence-corrected chi connectivity index (χ3v) is 4.01. The number of rotatable bonds is 5. The van der Waals surface area contributed by atoms with Crippen LogP contribution < -0.4 is 10.1 Å². The first-order valence-electron chi connectivity index (χ1n) is 7.19. The van der Waals surface area contributed by atoms with Gasteiger partial charge >= 0.3 is 0 Å². The van der Waals surface area contributed by atoms with Crippen LogP contribution >= 0.6 is 0 Å². The summed E-state index contributed by atoms with van der Waals surface area (Å²) >= 11 is 0. The third-order valence-electron chi connectivity index (χ3n) is 4.01. The van der Waals surface area contributed by atoms with Crippen LogP contribution in [0, 0.1) is 0 Å². The Morgan fingerprint density at radius 2 is 2.15 bits per heavy atom. The summed E-state index contributed by atoms with van der Waals surface area (Å²) in [5.41, 5.74) is 2.06. The van der Waals surface area contributed by atoms with Gasteiger partial charge in [0.25, 0.3) is 0 Å². The molecule has 2 aromatic rings. The number of fused-ring (bicyclic) bond motifs is 1. The van der Waals surface area contributed by atoms with Crippen molar-refractivity contribution in [2.24, 2.45) is 0 Å². The fourth-order valence-corrected chi connectivity index (χ4v) is 2.65. The van der Waals surface area contributed by atoms with Gasteiger partial charge in [-0.15, -0.1) is 0 Å². The van der Waals surface area contributed by atoms with Crippen LogP contribution in [0.15, 0.2) is 30.3 Å². The van der Waals surface area contributed by atoms with Crippen molar-refractivity contribution in [2.45, 2.75) is 19.5 Å². The van der Waals surface area contributed by atoms with Gasteiger partial charge in [-0.1, -0.05) is 25.1 Å². The normalized spacial score (nSPS) is 15.6. The van der Waals surface area contributed by atoms with E-state index in [1.54, 1.807) is 7.11 Å². The number of aromatic nitrogens is 1. The molecule has 1 aromatic carbocycles. The van der Waals surface area contributed by atoms with Crippen LogP contribution in [-0.4, -0.2) is 42.7 Å². The maximum absolute atomic E-state index is 5.41. The van der Waals surface area contributed by atoms with E-state index in [4.69, 9.17) is 9.72 Å². The van der Waals surface area contributed by atoms with Gasteiger partial charge in [0.2, 0.25) is 0 Å². The Bertz CT molecular complexity index is 595. The first kappa shape index (κ1) is 13.3. The number of likely N-dealkylation sites (N-methyl/N-ethyl adjacent to an activating group) is 1. The molecule has 0 radical (unpaired) electrons. The van der Waals surface area contributed by atoms with Gasteiger partial charge in [-0.25, -0.2) is 4.98 Å². The number of ether oxygens (including phenoxy) is 1. The molecule has 20 heavy (non-hydrogen) atoms. The van der Waals surface area contributed by atoms with Crippen LogP contribution in [-0.2, 0) is 6.54 Å². The van der Waals surface area contributed by atoms with Gasteiger partial charge in [0.1, 0.15) is 11.3 Å². The Kier molecular flexibility index (Phi) is 3.85. The van der Waals surface area contributed by atoms with Crippen LogP contribution in [0.2, 0.25) is 0 Å². The third kappa shape index (κ3) is 2.49. The Morgan fingerprint density at radius 1 is 1.30 bits per heavy atom. The predicted octanol–water partition coefficient (Wildman–Crippen LogP) is 2.04. The number of benzene rings is 1. The lowest BCUT2D eigenvalue weighted by Crippen LogP contribution is -2.56. The SMILES string of the molecule is CCN(Cc1ccc2cccc(OC)c2n1)C1CNC1. The van der Waals surface area contributed by atoms with E-state index >= 15 is 0 Å². The van der Waals surface area contributed by atoms with Crippen molar-refractivity contribution in [3.05, 3.63) is 36.0 Å². The highest BCUT2D eigenvalue weighted by Crippen LogP contribution is 2.24. The maximum atomic E-state index is 5.41. The summed E-state index contributed by atoms with van der Waals surface area (Å²) in [6, 6.07) is 10.9. The second-order valence-electron chi connectivity index (χ2n) is 5.21. The molecule has 4 heteroatoms. The molecule has 1 saturated heterocycles. The smallest absolute Gasteiger partial charge is 0.145 e. The van der Waals surface area contributed by atoms with E-state index in [1.807, 2.05) is 12.1 Å². The van der Waals surface area contributed by atoms with E-state index in [2.05, 4.69) is 35.3 Å². The number of hydrogen-bond donors (Lipinski definition) is 1. The lowest BCUT2D eigenvalue weighted by molar-refractivity contribution is 0.144. The molecule has 1 fully saturated rings. The van der Waals surface area contributed by atoms with Gasteiger partial charge in [-0.05, 0) is 18.7 Å². The molecule has 4 nitrogen and oxygen atoms in total. The molecule has 0 spiro atoms. The van der Waals surface area contributed by atoms with Crippen molar-refractivity contribution < 1.29 is 4.74 Å². The first-order valence-corrected chi connectivity index (χ1v) is 7.19. The van der Waals surface area contributed by atoms with Crippen molar-refractivity contribution >= 4 is 10.9 Å². The van der Waals surface area contributed by atoms with Crippen molar-refractivity contribution in [3.63, 3.8) is 0 Å². The zero-order valence-corrected chi connectivity index (χ0v) is 12.1. The second-order valence-corrected chi connectivity index (χ2v) is 5.21. The maximum Gasteiger partial charge on any atom is 0.145 e. The predicted molar refractivity (Wildman–Crippen MR) is 81.0 cm³/mol. The molecule has 0 amide bonds. The summed E-state index contributed by atoms with van der Waals surface area (Å²) in [6.45, 7) is 6.34. The van der Waals surface area contributed by atoms with Gasteiger partial charge in [-0.2, -0.15) is 0 Å². The molecule has 0 saturated carbocycles. The summed E-state index contributed by atoms with van der Waals surface area (Å²) in [7, 11) is 1.70. The zero-order chi connectivity index (χ0) is 13.9. The van der Waals surface area contributed by atoms with Crippen LogP contribution in [0.1, 0.15) is 12.6 Å². The molecular formula is C16H21N3O. The van der Waals surface area contributed by atoms with E-state index in [0.29, 0.717) is 6.04 Å². The van der Waals surface area contributed by atoms with E-state index in [9.17, 15) is 0 Å². The molecule has 106 valence electrons. The second kappa shape index (κ2) is 5.77. The Morgan fingerprint density at radius 3 is 2.80 bits per heavy atom. The number of nitrogens with zero attached hydrogens (tertiary/aromatic N) is 2. The van der Waals surface area contributed by atoms with Gasteiger partial charge in [0, 0.05) is 31.1 Å². The minimum absolute atomic E-state index is 0.648. The molecule has 0 aliphatic carbocycles. The van der Waals surface area contributed by atoms with Crippen LogP contribution in [0.3, 0.4) is 0 Å². The topological polar surface area (TPSA) is 37.4 Å². The molecule has 1 aliphatic heterocycles. The fraction of sp³-hybridized carbons (Fsp3) is 0.438. The molecule has 0 unspecified atom stereocenters. The highest BCUT2D eigenvalue weighted by atomic mass is 16.5. The van der Waals surface area contributed by atoms with E-state index < -0.39 is 0 Å². The van der Waals surface area contributed by atoms with E-state index in [0.717, 1.165) is 48.5 Å². The lowest BCUT2D eigenvalue weighted by Gasteiger charge is -2.37. The van der Waals surface area contributed by atoms with Gasteiger partial charge in [0.15, 0.2) is 0 Å². The number of nitrogens with one attached hydrogen (secondary N) is 1. The van der Waals surface area contributed by atoms with Crippen molar-refractivity contribution in [2.75, 3.05) is 26.7 Å². The summed E-state index contributed by atoms with van der Waals surface area (Å²) in [6.07, 6.45) is 0. The van der Waals surface area contributed by atoms with Crippen LogP contribution in [0.5, 0.6) is 5.75 Å². The molecular weight excluding hydrogens is 250 g/mol. The fourth-order valence-electron chi connectivity index (χ4n) is 2.65. The molecule has 2 heterocycles. The largest absolute Gasteiger partial charge is 0.494 e. The monoisotopic (exact) mass is 271 g/mol. The number of hydrogen-bond acceptors (Lipinski definition) is 4. The summed E-state index contributed by atoms with van der Waals surface area (Å²) in [5, 5.41) is 4.45. The van der Waals surface area contributed by atoms with E-state index in [-0.39, 0.29) is 0 Å². The average molecular weight is 271 g/mol. The Hall–Kier alpha value is -1.65. The first-order chi connectivity index (χ1) is 9.81. The van der Waals surface area contributed by atoms with Crippen LogP contribution in [0.25, 0.3) is 10.9 Å². The molecule has 1 N–H and O–H groups in total. The lowest BCUT2D eigenvalue weighted by atomic mass is 10.1. The van der Waals surface area contributed by atoms with Crippen molar-refractivity contribution in [1.29, 1.82) is 0 Å². The highest BCUT2D eigenvalue weighted by Gasteiger charge is 2.23. The summed E-state index contributed by atoms with van der Waals surface area (Å²) in [5.74, 6) is 0.845. The van der Waals surface area contributed by atoms with E-state index in [1.165, 1.54) is 0 Å². The minimum atomic E-state index is 0.648. The molecule has 0 bridgehead atoms. The number of para-hydroxylation sites is 1.